The van der Waals surface area contributed by atoms with Crippen LogP contribution in [0.4, 0.5) is 5.69 Å². The van der Waals surface area contributed by atoms with Gasteiger partial charge in [0, 0.05) is 31.6 Å². The average molecular weight is 560 g/mol. The van der Waals surface area contributed by atoms with Crippen molar-refractivity contribution in [2.45, 2.75) is 25.9 Å². The third kappa shape index (κ3) is 7.60. The Morgan fingerprint density at radius 1 is 1.03 bits per heavy atom. The summed E-state index contributed by atoms with van der Waals surface area (Å²) >= 11 is 12.3. The molecule has 3 aromatic carbocycles. The van der Waals surface area contributed by atoms with Crippen molar-refractivity contribution in [1.82, 2.24) is 10.2 Å². The maximum absolute atomic E-state index is 13.6. The third-order valence-electron chi connectivity index (χ3n) is 5.67. The van der Waals surface area contributed by atoms with Gasteiger partial charge in [0.25, 0.3) is 5.91 Å². The molecular weight excluding hydrogens is 533 g/mol. The topological polar surface area (TPSA) is 111 Å². The van der Waals surface area contributed by atoms with E-state index in [1.807, 2.05) is 30.3 Å². The number of hydrogen-bond donors (Lipinski definition) is 1. The molecule has 0 aliphatic carbocycles. The van der Waals surface area contributed by atoms with Gasteiger partial charge in [0.1, 0.15) is 11.8 Å². The molecule has 3 rings (SSSR count). The first-order valence-corrected chi connectivity index (χ1v) is 12.5. The van der Waals surface area contributed by atoms with E-state index >= 15 is 0 Å². The molecule has 38 heavy (non-hydrogen) atoms. The molecule has 0 radical (unpaired) electrons. The number of ether oxygens (including phenoxy) is 2. The number of nitro benzene ring substituents is 1. The summed E-state index contributed by atoms with van der Waals surface area (Å²) in [5.41, 5.74) is 1.32. The van der Waals surface area contributed by atoms with Crippen molar-refractivity contribution in [3.63, 3.8) is 0 Å². The van der Waals surface area contributed by atoms with Crippen LogP contribution in [0.15, 0.2) is 66.7 Å². The number of benzene rings is 3. The zero-order valence-electron chi connectivity index (χ0n) is 20.9. The van der Waals surface area contributed by atoms with Gasteiger partial charge < -0.3 is 19.7 Å². The summed E-state index contributed by atoms with van der Waals surface area (Å²) in [5, 5.41) is 14.7. The van der Waals surface area contributed by atoms with Crippen LogP contribution in [0.5, 0.6) is 11.5 Å². The zero-order chi connectivity index (χ0) is 27.7. The second kappa shape index (κ2) is 13.6. The van der Waals surface area contributed by atoms with Crippen molar-refractivity contribution in [3.05, 3.63) is 98.0 Å². The van der Waals surface area contributed by atoms with Crippen molar-refractivity contribution in [1.29, 1.82) is 0 Å². The van der Waals surface area contributed by atoms with Gasteiger partial charge in [-0.1, -0.05) is 59.6 Å². The molecule has 0 saturated heterocycles. The number of hydrogen-bond acceptors (Lipinski definition) is 6. The van der Waals surface area contributed by atoms with E-state index in [2.05, 4.69) is 5.32 Å². The number of likely N-dealkylation sites (N-methyl/N-ethyl adjacent to an activating group) is 1. The number of methoxy groups -OCH3 is 1. The lowest BCUT2D eigenvalue weighted by Crippen LogP contribution is -2.51. The Morgan fingerprint density at radius 2 is 1.76 bits per heavy atom. The molecule has 11 heteroatoms. The van der Waals surface area contributed by atoms with Gasteiger partial charge in [-0.25, -0.2) is 0 Å². The maximum atomic E-state index is 13.6. The molecule has 0 spiro atoms. The Labute approximate surface area is 230 Å². The standard InChI is InChI=1S/C27H27Cl2N3O6/c1-3-30-27(34)24(14-18-7-5-4-6-8-18)31(16-19-9-11-21(28)22(29)13-19)26(33)17-38-20-10-12-23(32(35)36)25(15-20)37-2/h4-13,15,24H,3,14,16-17H2,1-2H3,(H,30,34)/t24-/m1/s1. The minimum Gasteiger partial charge on any atom is -0.490 e. The summed E-state index contributed by atoms with van der Waals surface area (Å²) in [6, 6.07) is 17.4. The fourth-order valence-corrected chi connectivity index (χ4v) is 4.13. The molecule has 1 atom stereocenters. The lowest BCUT2D eigenvalue weighted by molar-refractivity contribution is -0.385. The molecule has 0 aliphatic heterocycles. The molecule has 0 aliphatic rings. The highest BCUT2D eigenvalue weighted by Gasteiger charge is 2.30. The summed E-state index contributed by atoms with van der Waals surface area (Å²) < 4.78 is 10.7. The smallest absolute Gasteiger partial charge is 0.311 e. The SMILES string of the molecule is CCNC(=O)[C@@H](Cc1ccccc1)N(Cc1ccc(Cl)c(Cl)c1)C(=O)COc1ccc([N+](=O)[O-])c(OC)c1. The lowest BCUT2D eigenvalue weighted by Gasteiger charge is -2.31. The highest BCUT2D eigenvalue weighted by molar-refractivity contribution is 6.42. The van der Waals surface area contributed by atoms with E-state index < -0.39 is 23.5 Å². The minimum absolute atomic E-state index is 0.00288. The van der Waals surface area contributed by atoms with E-state index in [1.54, 1.807) is 25.1 Å². The number of nitrogens with one attached hydrogen (secondary N) is 1. The Bertz CT molecular complexity index is 1290. The molecule has 3 aromatic rings. The normalized spacial score (nSPS) is 11.4. The molecule has 0 aromatic heterocycles. The number of nitrogens with zero attached hydrogens (tertiary/aromatic N) is 2. The van der Waals surface area contributed by atoms with E-state index in [-0.39, 0.29) is 36.1 Å². The van der Waals surface area contributed by atoms with Gasteiger partial charge in [0.05, 0.1) is 22.1 Å². The summed E-state index contributed by atoms with van der Waals surface area (Å²) in [4.78, 5) is 38.8. The maximum Gasteiger partial charge on any atom is 0.311 e. The fraction of sp³-hybridized carbons (Fsp3) is 0.259. The summed E-state index contributed by atoms with van der Waals surface area (Å²) in [6.45, 7) is 1.83. The third-order valence-corrected chi connectivity index (χ3v) is 6.41. The highest BCUT2D eigenvalue weighted by atomic mass is 35.5. The van der Waals surface area contributed by atoms with Crippen LogP contribution in [-0.2, 0) is 22.6 Å². The Balaban J connectivity index is 1.91. The van der Waals surface area contributed by atoms with Gasteiger partial charge in [-0.05, 0) is 36.2 Å². The molecule has 9 nitrogen and oxygen atoms in total. The Morgan fingerprint density at radius 3 is 2.39 bits per heavy atom. The molecule has 200 valence electrons. The van der Waals surface area contributed by atoms with E-state index in [0.717, 1.165) is 5.56 Å². The summed E-state index contributed by atoms with van der Waals surface area (Å²) in [5.74, 6) is -0.591. The van der Waals surface area contributed by atoms with E-state index in [0.29, 0.717) is 22.2 Å². The van der Waals surface area contributed by atoms with Gasteiger partial charge in [-0.15, -0.1) is 0 Å². The van der Waals surface area contributed by atoms with Crippen LogP contribution in [0, 0.1) is 10.1 Å². The molecule has 2 amide bonds. The van der Waals surface area contributed by atoms with Crippen molar-refractivity contribution >= 4 is 40.7 Å². The van der Waals surface area contributed by atoms with Gasteiger partial charge in [0.2, 0.25) is 11.7 Å². The quantitative estimate of drug-likeness (QED) is 0.245. The lowest BCUT2D eigenvalue weighted by atomic mass is 10.0. The number of nitro groups is 1. The van der Waals surface area contributed by atoms with Crippen molar-refractivity contribution in [2.75, 3.05) is 20.3 Å². The number of carbonyl (C=O) groups is 2. The van der Waals surface area contributed by atoms with Crippen LogP contribution in [0.25, 0.3) is 0 Å². The second-order valence-corrected chi connectivity index (χ2v) is 9.06. The molecule has 0 saturated carbocycles. The first kappa shape index (κ1) is 28.7. The molecular formula is C27H27Cl2N3O6. The van der Waals surface area contributed by atoms with E-state index in [4.69, 9.17) is 32.7 Å². The van der Waals surface area contributed by atoms with Crippen LogP contribution in [0.1, 0.15) is 18.1 Å². The highest BCUT2D eigenvalue weighted by Crippen LogP contribution is 2.31. The molecule has 0 unspecified atom stereocenters. The van der Waals surface area contributed by atoms with Gasteiger partial charge in [-0.3, -0.25) is 19.7 Å². The van der Waals surface area contributed by atoms with Crippen LogP contribution in [-0.4, -0.2) is 47.9 Å². The largest absolute Gasteiger partial charge is 0.490 e. The van der Waals surface area contributed by atoms with Crippen molar-refractivity contribution in [2.24, 2.45) is 0 Å². The van der Waals surface area contributed by atoms with Crippen LogP contribution in [0.2, 0.25) is 10.0 Å². The first-order valence-electron chi connectivity index (χ1n) is 11.7. The van der Waals surface area contributed by atoms with Crippen LogP contribution >= 0.6 is 23.2 Å². The Kier molecular flexibility index (Phi) is 10.3. The number of halogens is 2. The predicted molar refractivity (Wildman–Crippen MR) is 145 cm³/mol. The van der Waals surface area contributed by atoms with Crippen LogP contribution < -0.4 is 14.8 Å². The molecule has 0 fully saturated rings. The van der Waals surface area contributed by atoms with Gasteiger partial charge in [-0.2, -0.15) is 0 Å². The molecule has 1 N–H and O–H groups in total. The first-order chi connectivity index (χ1) is 18.2. The average Bonchev–Trinajstić information content (AvgIpc) is 2.91. The zero-order valence-corrected chi connectivity index (χ0v) is 22.4. The van der Waals surface area contributed by atoms with Crippen LogP contribution in [0.3, 0.4) is 0 Å². The number of amides is 2. The molecule has 0 heterocycles. The van der Waals surface area contributed by atoms with Crippen molar-refractivity contribution < 1.29 is 24.0 Å². The second-order valence-electron chi connectivity index (χ2n) is 8.25. The van der Waals surface area contributed by atoms with Gasteiger partial charge in [0.15, 0.2) is 6.61 Å². The predicted octanol–water partition coefficient (Wildman–Crippen LogP) is 5.07. The fourth-order valence-electron chi connectivity index (χ4n) is 3.81. The van der Waals surface area contributed by atoms with E-state index in [1.165, 1.54) is 30.2 Å². The summed E-state index contributed by atoms with van der Waals surface area (Å²) in [7, 11) is 1.30. The van der Waals surface area contributed by atoms with E-state index in [9.17, 15) is 19.7 Å². The number of rotatable bonds is 12. The van der Waals surface area contributed by atoms with Gasteiger partial charge >= 0.3 is 5.69 Å². The summed E-state index contributed by atoms with van der Waals surface area (Å²) in [6.07, 6.45) is 0.269. The number of carbonyl (C=O) groups excluding carboxylic acids is 2. The monoisotopic (exact) mass is 559 g/mol. The molecule has 0 bridgehead atoms. The Hall–Kier alpha value is -3.82. The minimum atomic E-state index is -0.852. The van der Waals surface area contributed by atoms with Crippen molar-refractivity contribution in [3.8, 4) is 11.5 Å².